The molecule has 1 saturated heterocycles. The highest BCUT2D eigenvalue weighted by Gasteiger charge is 2.37. The average Bonchev–Trinajstić information content (AvgIpc) is 2.92. The molecule has 1 aliphatic rings. The average molecular weight is 381 g/mol. The molecule has 1 aliphatic heterocycles. The zero-order chi connectivity index (χ0) is 17.4. The van der Waals surface area contributed by atoms with E-state index in [-0.39, 0.29) is 16.3 Å². The van der Waals surface area contributed by atoms with E-state index in [9.17, 15) is 14.4 Å². The molecule has 24 heavy (non-hydrogen) atoms. The van der Waals surface area contributed by atoms with Crippen molar-refractivity contribution in [3.05, 3.63) is 55.7 Å². The predicted molar refractivity (Wildman–Crippen MR) is 94.5 cm³/mol. The lowest BCUT2D eigenvalue weighted by Gasteiger charge is -2.26. The first-order chi connectivity index (χ1) is 11.4. The minimum Gasteiger partial charge on any atom is -0.273 e. The van der Waals surface area contributed by atoms with Gasteiger partial charge in [0.1, 0.15) is 5.57 Å². The zero-order valence-electron chi connectivity index (χ0n) is 12.3. The van der Waals surface area contributed by atoms with Gasteiger partial charge in [0.05, 0.1) is 15.7 Å². The van der Waals surface area contributed by atoms with Crippen LogP contribution in [-0.4, -0.2) is 17.8 Å². The molecule has 0 radical (unpaired) electrons. The Bertz CT molecular complexity index is 904. The van der Waals surface area contributed by atoms with Gasteiger partial charge in [0.25, 0.3) is 11.8 Å². The van der Waals surface area contributed by atoms with E-state index in [1.165, 1.54) is 35.6 Å². The summed E-state index contributed by atoms with van der Waals surface area (Å²) in [6.45, 7) is 1.87. The van der Waals surface area contributed by atoms with Crippen molar-refractivity contribution in [3.8, 4) is 0 Å². The van der Waals surface area contributed by atoms with Crippen molar-refractivity contribution in [2.75, 3.05) is 4.90 Å². The maximum Gasteiger partial charge on any atom is 0.335 e. The van der Waals surface area contributed by atoms with Crippen LogP contribution in [0, 0.1) is 6.92 Å². The third kappa shape index (κ3) is 2.96. The Balaban J connectivity index is 2.04. The topological polar surface area (TPSA) is 66.5 Å². The summed E-state index contributed by atoms with van der Waals surface area (Å²) in [7, 11) is 0. The molecule has 0 saturated carbocycles. The molecule has 2 aromatic rings. The number of carbonyl (C=O) groups is 3. The first-order valence-corrected chi connectivity index (χ1v) is 8.42. The molecule has 0 aliphatic carbocycles. The molecular formula is C16H10Cl2N2O3S. The van der Waals surface area contributed by atoms with Crippen molar-refractivity contribution >= 4 is 64.1 Å². The number of barbiturate groups is 1. The smallest absolute Gasteiger partial charge is 0.273 e. The number of urea groups is 1. The van der Waals surface area contributed by atoms with Crippen LogP contribution in [0.25, 0.3) is 6.08 Å². The van der Waals surface area contributed by atoms with Crippen molar-refractivity contribution in [3.63, 3.8) is 0 Å². The Morgan fingerprint density at radius 2 is 1.88 bits per heavy atom. The Hall–Kier alpha value is -2.15. The van der Waals surface area contributed by atoms with Gasteiger partial charge in [0.2, 0.25) is 0 Å². The number of benzene rings is 1. The van der Waals surface area contributed by atoms with Gasteiger partial charge in [-0.25, -0.2) is 9.69 Å². The fraction of sp³-hybridized carbons (Fsp3) is 0.0625. The van der Waals surface area contributed by atoms with Gasteiger partial charge in [-0.2, -0.15) is 0 Å². The first-order valence-electron chi connectivity index (χ1n) is 6.79. The van der Waals surface area contributed by atoms with Gasteiger partial charge in [-0.05, 0) is 48.2 Å². The minimum atomic E-state index is -0.830. The SMILES string of the molecule is Cc1ccsc1/C=C1\C(=O)NC(=O)N(c2ccc(Cl)c(Cl)c2)C1=O. The predicted octanol–water partition coefficient (Wildman–Crippen LogP) is 4.03. The van der Waals surface area contributed by atoms with Crippen LogP contribution in [0.2, 0.25) is 10.0 Å². The van der Waals surface area contributed by atoms with Crippen LogP contribution < -0.4 is 10.2 Å². The molecule has 122 valence electrons. The molecular weight excluding hydrogens is 371 g/mol. The molecule has 1 aromatic heterocycles. The minimum absolute atomic E-state index is 0.119. The standard InChI is InChI=1S/C16H10Cl2N2O3S/c1-8-4-5-24-13(8)7-10-14(21)19-16(23)20(15(10)22)9-2-3-11(17)12(18)6-9/h2-7H,1H3,(H,19,21,23)/b10-7+. The monoisotopic (exact) mass is 380 g/mol. The van der Waals surface area contributed by atoms with Crippen molar-refractivity contribution in [1.82, 2.24) is 5.32 Å². The summed E-state index contributed by atoms with van der Waals surface area (Å²) in [4.78, 5) is 38.5. The van der Waals surface area contributed by atoms with Crippen LogP contribution in [0.4, 0.5) is 10.5 Å². The Kier molecular flexibility index (Phi) is 4.45. The summed E-state index contributed by atoms with van der Waals surface area (Å²) in [5.74, 6) is -1.44. The number of aryl methyl sites for hydroxylation is 1. The van der Waals surface area contributed by atoms with Crippen LogP contribution in [-0.2, 0) is 9.59 Å². The van der Waals surface area contributed by atoms with E-state index >= 15 is 0 Å². The van der Waals surface area contributed by atoms with Crippen LogP contribution in [0.5, 0.6) is 0 Å². The number of thiophene rings is 1. The maximum absolute atomic E-state index is 12.7. The van der Waals surface area contributed by atoms with Gasteiger partial charge in [-0.3, -0.25) is 14.9 Å². The van der Waals surface area contributed by atoms with Gasteiger partial charge in [-0.1, -0.05) is 23.2 Å². The van der Waals surface area contributed by atoms with Gasteiger partial charge in [0.15, 0.2) is 0 Å². The molecule has 0 bridgehead atoms. The molecule has 1 N–H and O–H groups in total. The Morgan fingerprint density at radius 3 is 2.50 bits per heavy atom. The zero-order valence-corrected chi connectivity index (χ0v) is 14.6. The number of nitrogens with zero attached hydrogens (tertiary/aromatic N) is 1. The van der Waals surface area contributed by atoms with Crippen LogP contribution in [0.3, 0.4) is 0 Å². The van der Waals surface area contributed by atoms with E-state index in [0.29, 0.717) is 5.02 Å². The van der Waals surface area contributed by atoms with Gasteiger partial charge < -0.3 is 0 Å². The van der Waals surface area contributed by atoms with E-state index < -0.39 is 17.8 Å². The number of hydrogen-bond acceptors (Lipinski definition) is 4. The van der Waals surface area contributed by atoms with Gasteiger partial charge in [-0.15, -0.1) is 11.3 Å². The third-order valence-corrected chi connectivity index (χ3v) is 5.15. The molecule has 3 rings (SSSR count). The summed E-state index contributed by atoms with van der Waals surface area (Å²) in [6.07, 6.45) is 1.48. The molecule has 5 nitrogen and oxygen atoms in total. The van der Waals surface area contributed by atoms with Crippen molar-refractivity contribution < 1.29 is 14.4 Å². The van der Waals surface area contributed by atoms with E-state index in [1.54, 1.807) is 0 Å². The second kappa shape index (κ2) is 6.39. The fourth-order valence-electron chi connectivity index (χ4n) is 2.18. The molecule has 2 heterocycles. The molecule has 0 spiro atoms. The maximum atomic E-state index is 12.7. The molecule has 1 fully saturated rings. The second-order valence-electron chi connectivity index (χ2n) is 5.02. The summed E-state index contributed by atoms with van der Waals surface area (Å²) in [5.41, 5.74) is 1.05. The summed E-state index contributed by atoms with van der Waals surface area (Å²) < 4.78 is 0. The van der Waals surface area contributed by atoms with Crippen LogP contribution in [0.1, 0.15) is 10.4 Å². The van der Waals surface area contributed by atoms with Crippen molar-refractivity contribution in [2.24, 2.45) is 0 Å². The van der Waals surface area contributed by atoms with E-state index in [2.05, 4.69) is 5.32 Å². The summed E-state index contributed by atoms with van der Waals surface area (Å²) >= 11 is 13.2. The lowest BCUT2D eigenvalue weighted by Crippen LogP contribution is -2.54. The number of imide groups is 2. The number of hydrogen-bond donors (Lipinski definition) is 1. The quantitative estimate of drug-likeness (QED) is 0.631. The number of nitrogens with one attached hydrogen (secondary N) is 1. The molecule has 4 amide bonds. The molecule has 1 aromatic carbocycles. The van der Waals surface area contributed by atoms with E-state index in [1.807, 2.05) is 18.4 Å². The normalized spacial score (nSPS) is 16.7. The van der Waals surface area contributed by atoms with E-state index in [4.69, 9.17) is 23.2 Å². The highest BCUT2D eigenvalue weighted by atomic mass is 35.5. The number of halogens is 2. The summed E-state index contributed by atoms with van der Waals surface area (Å²) in [5, 5.41) is 4.52. The van der Waals surface area contributed by atoms with Gasteiger partial charge >= 0.3 is 6.03 Å². The largest absolute Gasteiger partial charge is 0.335 e. The highest BCUT2D eigenvalue weighted by Crippen LogP contribution is 2.30. The van der Waals surface area contributed by atoms with Crippen molar-refractivity contribution in [2.45, 2.75) is 6.92 Å². The summed E-state index contributed by atoms with van der Waals surface area (Å²) in [6, 6.07) is 5.40. The third-order valence-electron chi connectivity index (χ3n) is 3.44. The number of amides is 4. The Labute approximate surface area is 151 Å². The second-order valence-corrected chi connectivity index (χ2v) is 6.79. The van der Waals surface area contributed by atoms with Gasteiger partial charge in [0, 0.05) is 4.88 Å². The fourth-order valence-corrected chi connectivity index (χ4v) is 3.33. The first kappa shape index (κ1) is 16.7. The lowest BCUT2D eigenvalue weighted by molar-refractivity contribution is -0.122. The Morgan fingerprint density at radius 1 is 1.12 bits per heavy atom. The van der Waals surface area contributed by atoms with E-state index in [0.717, 1.165) is 15.3 Å². The number of anilines is 1. The molecule has 0 atom stereocenters. The lowest BCUT2D eigenvalue weighted by atomic mass is 10.1. The van der Waals surface area contributed by atoms with Crippen molar-refractivity contribution in [1.29, 1.82) is 0 Å². The number of rotatable bonds is 2. The van der Waals surface area contributed by atoms with Crippen LogP contribution in [0.15, 0.2) is 35.2 Å². The highest BCUT2D eigenvalue weighted by molar-refractivity contribution is 7.11. The molecule has 8 heteroatoms. The molecule has 0 unspecified atom stereocenters. The number of carbonyl (C=O) groups excluding carboxylic acids is 3. The van der Waals surface area contributed by atoms with Crippen LogP contribution >= 0.6 is 34.5 Å².